The summed E-state index contributed by atoms with van der Waals surface area (Å²) < 4.78 is 6.06. The van der Waals surface area contributed by atoms with Gasteiger partial charge < -0.3 is 19.9 Å². The number of nitrogens with zero attached hydrogens (tertiary/aromatic N) is 4. The van der Waals surface area contributed by atoms with E-state index in [1.807, 2.05) is 19.3 Å². The number of hydrogen-bond donors (Lipinski definition) is 1. The summed E-state index contributed by atoms with van der Waals surface area (Å²) in [4.78, 5) is 13.9. The number of aliphatic imine (C=N–C) groups is 1. The quantitative estimate of drug-likeness (QED) is 0.647. The molecule has 6 nitrogen and oxygen atoms in total. The van der Waals surface area contributed by atoms with Gasteiger partial charge in [0.2, 0.25) is 0 Å². The van der Waals surface area contributed by atoms with Gasteiger partial charge in [-0.2, -0.15) is 0 Å². The van der Waals surface area contributed by atoms with E-state index in [1.54, 1.807) is 0 Å². The zero-order chi connectivity index (χ0) is 17.6. The Morgan fingerprint density at radius 1 is 1.27 bits per heavy atom. The van der Waals surface area contributed by atoms with E-state index in [0.717, 1.165) is 44.6 Å². The lowest BCUT2D eigenvalue weighted by molar-refractivity contribution is -0.171. The lowest BCUT2D eigenvalue weighted by Gasteiger charge is -2.63. The van der Waals surface area contributed by atoms with Crippen molar-refractivity contribution in [3.63, 3.8) is 0 Å². The summed E-state index contributed by atoms with van der Waals surface area (Å²) >= 11 is 0. The molecular formula is C20H29N5O. The number of guanidine groups is 1. The average Bonchev–Trinajstić information content (AvgIpc) is 3.07. The zero-order valence-corrected chi connectivity index (χ0v) is 15.6. The van der Waals surface area contributed by atoms with Crippen molar-refractivity contribution in [1.82, 2.24) is 15.2 Å². The number of fused-ring (bicyclic) bond motifs is 2. The van der Waals surface area contributed by atoms with Crippen LogP contribution < -0.4 is 10.2 Å². The molecule has 0 amide bonds. The largest absolute Gasteiger partial charge is 0.377 e. The van der Waals surface area contributed by atoms with Gasteiger partial charge in [-0.3, -0.25) is 4.99 Å². The summed E-state index contributed by atoms with van der Waals surface area (Å²) in [6.45, 7) is 4.89. The van der Waals surface area contributed by atoms with Crippen LogP contribution in [0.25, 0.3) is 0 Å². The second-order valence-corrected chi connectivity index (χ2v) is 8.16. The lowest BCUT2D eigenvalue weighted by atomic mass is 9.46. The first-order valence-electron chi connectivity index (χ1n) is 10.1. The molecule has 2 aliphatic heterocycles. The van der Waals surface area contributed by atoms with Crippen LogP contribution in [0.2, 0.25) is 0 Å². The lowest BCUT2D eigenvalue weighted by Crippen LogP contribution is -2.73. The van der Waals surface area contributed by atoms with Crippen LogP contribution in [0.15, 0.2) is 29.4 Å². The predicted molar refractivity (Wildman–Crippen MR) is 102 cm³/mol. The fourth-order valence-electron chi connectivity index (χ4n) is 5.58. The van der Waals surface area contributed by atoms with Gasteiger partial charge in [0.05, 0.1) is 6.10 Å². The third-order valence-electron chi connectivity index (χ3n) is 7.08. The maximum atomic E-state index is 6.06. The van der Waals surface area contributed by atoms with Gasteiger partial charge in [0.1, 0.15) is 5.82 Å². The molecule has 5 rings (SSSR count). The molecular weight excluding hydrogens is 326 g/mol. The first-order valence-corrected chi connectivity index (χ1v) is 10.1. The summed E-state index contributed by atoms with van der Waals surface area (Å²) in [5.74, 6) is 2.84. The van der Waals surface area contributed by atoms with Crippen molar-refractivity contribution in [3.8, 4) is 0 Å². The molecule has 0 radical (unpaired) electrons. The second kappa shape index (κ2) is 6.41. The van der Waals surface area contributed by atoms with Crippen LogP contribution >= 0.6 is 0 Å². The average molecular weight is 355 g/mol. The van der Waals surface area contributed by atoms with Crippen LogP contribution in [0.1, 0.15) is 25.7 Å². The Hall–Kier alpha value is -1.82. The molecule has 4 aliphatic rings. The van der Waals surface area contributed by atoms with Gasteiger partial charge in [-0.05, 0) is 31.4 Å². The van der Waals surface area contributed by atoms with Crippen molar-refractivity contribution in [2.75, 3.05) is 44.7 Å². The number of aromatic nitrogens is 1. The molecule has 2 saturated heterocycles. The van der Waals surface area contributed by atoms with Crippen LogP contribution in [0.3, 0.4) is 0 Å². The molecule has 2 aliphatic carbocycles. The number of anilines is 1. The second-order valence-electron chi connectivity index (χ2n) is 8.16. The standard InChI is InChI=1S/C20H29N5O/c1-21-19(23-17-15-6-14-26-18(15)20(17)7-4-8-20)25-12-10-24(11-13-25)16-5-2-3-9-22-16/h2-3,5,9,15,17-18H,4,6-8,10-14H2,1H3,(H,21,23). The molecule has 140 valence electrons. The summed E-state index contributed by atoms with van der Waals surface area (Å²) in [6.07, 6.45) is 7.57. The van der Waals surface area contributed by atoms with E-state index >= 15 is 0 Å². The van der Waals surface area contributed by atoms with Gasteiger partial charge in [-0.1, -0.05) is 12.5 Å². The first-order chi connectivity index (χ1) is 12.8. The molecule has 3 unspecified atom stereocenters. The number of pyridine rings is 1. The normalized spacial score (nSPS) is 32.8. The highest BCUT2D eigenvalue weighted by atomic mass is 16.5. The van der Waals surface area contributed by atoms with Crippen molar-refractivity contribution in [2.45, 2.75) is 37.8 Å². The van der Waals surface area contributed by atoms with Crippen LogP contribution in [0, 0.1) is 11.3 Å². The highest BCUT2D eigenvalue weighted by Gasteiger charge is 2.66. The smallest absolute Gasteiger partial charge is 0.194 e. The molecule has 26 heavy (non-hydrogen) atoms. The van der Waals surface area contributed by atoms with E-state index in [1.165, 1.54) is 25.7 Å². The molecule has 3 atom stereocenters. The van der Waals surface area contributed by atoms with Crippen molar-refractivity contribution >= 4 is 11.8 Å². The van der Waals surface area contributed by atoms with E-state index in [0.29, 0.717) is 23.5 Å². The summed E-state index contributed by atoms with van der Waals surface area (Å²) in [7, 11) is 1.92. The van der Waals surface area contributed by atoms with Crippen LogP contribution in [-0.2, 0) is 4.74 Å². The van der Waals surface area contributed by atoms with E-state index < -0.39 is 0 Å². The minimum Gasteiger partial charge on any atom is -0.377 e. The predicted octanol–water partition coefficient (Wildman–Crippen LogP) is 1.74. The summed E-state index contributed by atoms with van der Waals surface area (Å²) in [6, 6.07) is 6.68. The molecule has 1 N–H and O–H groups in total. The molecule has 6 heteroatoms. The highest BCUT2D eigenvalue weighted by molar-refractivity contribution is 5.81. The van der Waals surface area contributed by atoms with Gasteiger partial charge in [-0.25, -0.2) is 4.98 Å². The number of nitrogens with one attached hydrogen (secondary N) is 1. The molecule has 2 saturated carbocycles. The van der Waals surface area contributed by atoms with E-state index in [2.05, 4.69) is 37.2 Å². The van der Waals surface area contributed by atoms with Crippen molar-refractivity contribution in [1.29, 1.82) is 0 Å². The van der Waals surface area contributed by atoms with Crippen LogP contribution in [-0.4, -0.2) is 67.8 Å². The molecule has 0 bridgehead atoms. The van der Waals surface area contributed by atoms with Crippen molar-refractivity contribution < 1.29 is 4.74 Å². The molecule has 1 aromatic heterocycles. The Morgan fingerprint density at radius 3 is 2.77 bits per heavy atom. The Morgan fingerprint density at radius 2 is 2.12 bits per heavy atom. The van der Waals surface area contributed by atoms with Crippen molar-refractivity contribution in [2.24, 2.45) is 16.3 Å². The maximum absolute atomic E-state index is 6.06. The minimum atomic E-state index is 0.396. The Bertz CT molecular complexity index is 666. The van der Waals surface area contributed by atoms with Gasteiger partial charge in [0.25, 0.3) is 0 Å². The fourth-order valence-corrected chi connectivity index (χ4v) is 5.58. The zero-order valence-electron chi connectivity index (χ0n) is 15.6. The van der Waals surface area contributed by atoms with Gasteiger partial charge in [0.15, 0.2) is 5.96 Å². The van der Waals surface area contributed by atoms with Gasteiger partial charge >= 0.3 is 0 Å². The Labute approximate surface area is 155 Å². The van der Waals surface area contributed by atoms with Crippen LogP contribution in [0.4, 0.5) is 5.82 Å². The van der Waals surface area contributed by atoms with Gasteiger partial charge in [0, 0.05) is 63.4 Å². The fraction of sp³-hybridized carbons (Fsp3) is 0.700. The highest BCUT2D eigenvalue weighted by Crippen LogP contribution is 2.62. The molecule has 1 spiro atoms. The molecule has 3 heterocycles. The number of rotatable bonds is 2. The monoisotopic (exact) mass is 355 g/mol. The van der Waals surface area contributed by atoms with Crippen LogP contribution in [0.5, 0.6) is 0 Å². The van der Waals surface area contributed by atoms with E-state index in [4.69, 9.17) is 4.74 Å². The maximum Gasteiger partial charge on any atom is 0.194 e. The number of piperazine rings is 1. The molecule has 4 fully saturated rings. The third kappa shape index (κ3) is 2.42. The Kier molecular flexibility index (Phi) is 4.03. The SMILES string of the molecule is CN=C(NC1C2CCOC2C12CCC2)N1CCN(c2ccccn2)CC1. The summed E-state index contributed by atoms with van der Waals surface area (Å²) in [5, 5.41) is 3.85. The number of ether oxygens (including phenoxy) is 1. The Balaban J connectivity index is 1.23. The van der Waals surface area contributed by atoms with E-state index in [-0.39, 0.29) is 0 Å². The van der Waals surface area contributed by atoms with E-state index in [9.17, 15) is 0 Å². The minimum absolute atomic E-state index is 0.396. The van der Waals surface area contributed by atoms with Crippen molar-refractivity contribution in [3.05, 3.63) is 24.4 Å². The number of hydrogen-bond acceptors (Lipinski definition) is 4. The molecule has 0 aromatic carbocycles. The first kappa shape index (κ1) is 16.4. The molecule has 1 aromatic rings. The van der Waals surface area contributed by atoms with Gasteiger partial charge in [-0.15, -0.1) is 0 Å². The topological polar surface area (TPSA) is 53.0 Å². The third-order valence-corrected chi connectivity index (χ3v) is 7.08. The summed E-state index contributed by atoms with van der Waals surface area (Å²) in [5.41, 5.74) is 0.396.